The minimum absolute atomic E-state index is 0.156. The van der Waals surface area contributed by atoms with Crippen molar-refractivity contribution in [3.05, 3.63) is 34.4 Å². The third-order valence-electron chi connectivity index (χ3n) is 2.98. The zero-order chi connectivity index (χ0) is 14.7. The number of carbonyl (C=O) groups is 1. The molecule has 108 valence electrons. The van der Waals surface area contributed by atoms with E-state index in [-0.39, 0.29) is 5.91 Å². The largest absolute Gasteiger partial charge is 0.351 e. The number of nitrogens with one attached hydrogen (secondary N) is 1. The van der Waals surface area contributed by atoms with Gasteiger partial charge in [0.05, 0.1) is 16.4 Å². The molecule has 1 amide bonds. The Bertz CT molecular complexity index is 616. The predicted molar refractivity (Wildman–Crippen MR) is 77.0 cm³/mol. The third kappa shape index (κ3) is 3.01. The zero-order valence-electron chi connectivity index (χ0n) is 11.9. The van der Waals surface area contributed by atoms with Crippen molar-refractivity contribution in [3.8, 4) is 0 Å². The van der Waals surface area contributed by atoms with Crippen LogP contribution >= 0.6 is 11.6 Å². The van der Waals surface area contributed by atoms with Crippen LogP contribution in [0.3, 0.4) is 0 Å². The molecule has 0 atom stereocenters. The Morgan fingerprint density at radius 1 is 1.40 bits per heavy atom. The van der Waals surface area contributed by atoms with Crippen LogP contribution in [0.15, 0.2) is 12.3 Å². The number of amides is 1. The zero-order valence-corrected chi connectivity index (χ0v) is 12.6. The summed E-state index contributed by atoms with van der Waals surface area (Å²) in [7, 11) is 0. The number of aromatic nitrogens is 4. The van der Waals surface area contributed by atoms with Gasteiger partial charge in [-0.2, -0.15) is 10.2 Å². The molecule has 20 heavy (non-hydrogen) atoms. The van der Waals surface area contributed by atoms with E-state index in [1.807, 2.05) is 20.8 Å². The maximum atomic E-state index is 11.8. The van der Waals surface area contributed by atoms with Crippen LogP contribution in [0.5, 0.6) is 0 Å². The fourth-order valence-corrected chi connectivity index (χ4v) is 1.98. The molecule has 6 nitrogen and oxygen atoms in total. The van der Waals surface area contributed by atoms with E-state index < -0.39 is 0 Å². The molecule has 0 bridgehead atoms. The average molecular weight is 296 g/mol. The molecule has 2 aromatic heterocycles. The van der Waals surface area contributed by atoms with Gasteiger partial charge in [0.15, 0.2) is 0 Å². The lowest BCUT2D eigenvalue weighted by Gasteiger charge is -2.04. The highest BCUT2D eigenvalue weighted by Crippen LogP contribution is 2.18. The lowest BCUT2D eigenvalue weighted by molar-refractivity contribution is 0.0947. The smallest absolute Gasteiger partial charge is 0.271 e. The van der Waals surface area contributed by atoms with Crippen LogP contribution < -0.4 is 5.32 Å². The number of hydrogen-bond acceptors (Lipinski definition) is 3. The Balaban J connectivity index is 2.09. The highest BCUT2D eigenvalue weighted by molar-refractivity contribution is 6.31. The highest BCUT2D eigenvalue weighted by Gasteiger charge is 2.11. The van der Waals surface area contributed by atoms with Gasteiger partial charge >= 0.3 is 0 Å². The predicted octanol–water partition coefficient (Wildman–Crippen LogP) is 2.00. The molecule has 0 aliphatic rings. The quantitative estimate of drug-likeness (QED) is 0.917. The van der Waals surface area contributed by atoms with Crippen molar-refractivity contribution in [2.24, 2.45) is 0 Å². The first-order valence-electron chi connectivity index (χ1n) is 6.54. The second-order valence-corrected chi connectivity index (χ2v) is 5.00. The number of halogens is 1. The first-order valence-corrected chi connectivity index (χ1v) is 6.92. The van der Waals surface area contributed by atoms with Gasteiger partial charge in [-0.15, -0.1) is 0 Å². The molecule has 0 unspecified atom stereocenters. The van der Waals surface area contributed by atoms with Gasteiger partial charge in [-0.25, -0.2) is 4.68 Å². The molecule has 2 aromatic rings. The highest BCUT2D eigenvalue weighted by atomic mass is 35.5. The van der Waals surface area contributed by atoms with Gasteiger partial charge in [0, 0.05) is 12.7 Å². The molecule has 0 aromatic carbocycles. The molecule has 0 saturated carbocycles. The summed E-state index contributed by atoms with van der Waals surface area (Å²) in [6, 6.07) is 1.69. The summed E-state index contributed by atoms with van der Waals surface area (Å²) in [6.45, 7) is 6.85. The third-order valence-corrected chi connectivity index (χ3v) is 3.53. The first kappa shape index (κ1) is 14.6. The monoisotopic (exact) mass is 295 g/mol. The van der Waals surface area contributed by atoms with Gasteiger partial charge in [0.25, 0.3) is 5.91 Å². The minimum atomic E-state index is -0.156. The summed E-state index contributed by atoms with van der Waals surface area (Å²) in [5, 5.41) is 12.0. The Kier molecular flexibility index (Phi) is 4.44. The topological polar surface area (TPSA) is 64.7 Å². The van der Waals surface area contributed by atoms with Crippen LogP contribution in [-0.4, -0.2) is 32.0 Å². The Morgan fingerprint density at radius 2 is 2.15 bits per heavy atom. The molecule has 0 spiro atoms. The van der Waals surface area contributed by atoms with Crippen molar-refractivity contribution in [2.45, 2.75) is 33.9 Å². The molecule has 2 heterocycles. The van der Waals surface area contributed by atoms with Crippen LogP contribution in [-0.2, 0) is 6.67 Å². The minimum Gasteiger partial charge on any atom is -0.351 e. The summed E-state index contributed by atoms with van der Waals surface area (Å²) in [5.41, 5.74) is 2.08. The second kappa shape index (κ2) is 6.09. The van der Waals surface area contributed by atoms with Crippen molar-refractivity contribution in [1.29, 1.82) is 0 Å². The van der Waals surface area contributed by atoms with E-state index in [1.54, 1.807) is 21.6 Å². The maximum Gasteiger partial charge on any atom is 0.271 e. The molecule has 0 saturated heterocycles. The molecule has 7 heteroatoms. The van der Waals surface area contributed by atoms with Crippen LogP contribution in [0.25, 0.3) is 0 Å². The van der Waals surface area contributed by atoms with E-state index in [0.29, 0.717) is 23.9 Å². The van der Waals surface area contributed by atoms with E-state index >= 15 is 0 Å². The van der Waals surface area contributed by atoms with Gasteiger partial charge in [-0.1, -0.05) is 18.5 Å². The van der Waals surface area contributed by atoms with E-state index in [0.717, 1.165) is 17.8 Å². The van der Waals surface area contributed by atoms with E-state index in [4.69, 9.17) is 11.6 Å². The van der Waals surface area contributed by atoms with Crippen molar-refractivity contribution in [2.75, 3.05) is 6.54 Å². The number of carbonyl (C=O) groups excluding carboxylic acids is 1. The van der Waals surface area contributed by atoms with E-state index in [9.17, 15) is 4.79 Å². The van der Waals surface area contributed by atoms with Crippen LogP contribution in [0.4, 0.5) is 0 Å². The number of hydrogen-bond donors (Lipinski definition) is 1. The van der Waals surface area contributed by atoms with E-state index in [1.165, 1.54) is 0 Å². The van der Waals surface area contributed by atoms with E-state index in [2.05, 4.69) is 15.5 Å². The summed E-state index contributed by atoms with van der Waals surface area (Å²) < 4.78 is 3.43. The summed E-state index contributed by atoms with van der Waals surface area (Å²) in [5.74, 6) is -0.156. The standard InChI is InChI=1S/C13H18ClN5O/c1-4-6-15-13(20)11-5-7-18(17-11)8-19-10(3)12(14)9(2)16-19/h5,7H,4,6,8H2,1-3H3,(H,15,20). The van der Waals surface area contributed by atoms with Gasteiger partial charge in [0.1, 0.15) is 12.4 Å². The first-order chi connectivity index (χ1) is 9.52. The van der Waals surface area contributed by atoms with Crippen LogP contribution in [0.2, 0.25) is 5.02 Å². The molecular weight excluding hydrogens is 278 g/mol. The van der Waals surface area contributed by atoms with Crippen LogP contribution in [0, 0.1) is 13.8 Å². The lowest BCUT2D eigenvalue weighted by atomic mass is 10.4. The molecule has 0 aliphatic carbocycles. The fraction of sp³-hybridized carbons (Fsp3) is 0.462. The normalized spacial score (nSPS) is 10.8. The Morgan fingerprint density at radius 3 is 2.75 bits per heavy atom. The van der Waals surface area contributed by atoms with Crippen molar-refractivity contribution in [1.82, 2.24) is 24.9 Å². The molecule has 0 aliphatic heterocycles. The van der Waals surface area contributed by atoms with Crippen molar-refractivity contribution in [3.63, 3.8) is 0 Å². The van der Waals surface area contributed by atoms with Gasteiger partial charge < -0.3 is 5.32 Å². The van der Waals surface area contributed by atoms with Crippen LogP contribution in [0.1, 0.15) is 35.2 Å². The molecular formula is C13H18ClN5O. The molecule has 0 radical (unpaired) electrons. The molecule has 2 rings (SSSR count). The molecule has 1 N–H and O–H groups in total. The average Bonchev–Trinajstić information content (AvgIpc) is 2.98. The SMILES string of the molecule is CCCNC(=O)c1ccn(Cn2nc(C)c(Cl)c2C)n1. The number of rotatable bonds is 5. The fourth-order valence-electron chi connectivity index (χ4n) is 1.84. The van der Waals surface area contributed by atoms with Crippen molar-refractivity contribution >= 4 is 17.5 Å². The summed E-state index contributed by atoms with van der Waals surface area (Å²) in [6.07, 6.45) is 2.65. The molecule has 0 fully saturated rings. The maximum absolute atomic E-state index is 11.8. The lowest BCUT2D eigenvalue weighted by Crippen LogP contribution is -2.24. The van der Waals surface area contributed by atoms with Gasteiger partial charge in [-0.3, -0.25) is 9.48 Å². The summed E-state index contributed by atoms with van der Waals surface area (Å²) in [4.78, 5) is 11.8. The van der Waals surface area contributed by atoms with Gasteiger partial charge in [0.2, 0.25) is 0 Å². The number of aryl methyl sites for hydroxylation is 1. The van der Waals surface area contributed by atoms with Gasteiger partial charge in [-0.05, 0) is 26.3 Å². The Hall–Kier alpha value is -1.82. The second-order valence-electron chi connectivity index (χ2n) is 4.62. The summed E-state index contributed by atoms with van der Waals surface area (Å²) >= 11 is 6.10. The number of nitrogens with zero attached hydrogens (tertiary/aromatic N) is 4. The van der Waals surface area contributed by atoms with Crippen molar-refractivity contribution < 1.29 is 4.79 Å². The Labute approximate surface area is 122 Å².